The summed E-state index contributed by atoms with van der Waals surface area (Å²) in [6.07, 6.45) is 1.75. The van der Waals surface area contributed by atoms with Gasteiger partial charge < -0.3 is 5.11 Å². The van der Waals surface area contributed by atoms with Gasteiger partial charge in [-0.3, -0.25) is 0 Å². The molecule has 0 amide bonds. The summed E-state index contributed by atoms with van der Waals surface area (Å²) in [6, 6.07) is 3.32. The Morgan fingerprint density at radius 3 is 2.15 bits per heavy atom. The van der Waals surface area contributed by atoms with Crippen molar-refractivity contribution in [1.29, 1.82) is 0 Å². The molecule has 0 spiro atoms. The Labute approximate surface area is 77.5 Å². The summed E-state index contributed by atoms with van der Waals surface area (Å²) in [4.78, 5) is 10.7. The highest BCUT2D eigenvalue weighted by Crippen LogP contribution is 2.17. The van der Waals surface area contributed by atoms with Gasteiger partial charge in [-0.05, 0) is 42.7 Å². The van der Waals surface area contributed by atoms with Gasteiger partial charge in [0.15, 0.2) is 0 Å². The SMILES string of the molecule is C=Cc1c(C)cc(C(=O)O)cc1C. The van der Waals surface area contributed by atoms with E-state index in [1.54, 1.807) is 18.2 Å². The van der Waals surface area contributed by atoms with Gasteiger partial charge in [0.25, 0.3) is 0 Å². The van der Waals surface area contributed by atoms with Crippen LogP contribution in [0.4, 0.5) is 0 Å². The molecular weight excluding hydrogens is 164 g/mol. The lowest BCUT2D eigenvalue weighted by atomic mass is 9.99. The Balaban J connectivity index is 3.36. The Morgan fingerprint density at radius 1 is 1.38 bits per heavy atom. The highest BCUT2D eigenvalue weighted by atomic mass is 16.4. The molecule has 0 saturated heterocycles. The summed E-state index contributed by atoms with van der Waals surface area (Å²) >= 11 is 0. The van der Waals surface area contributed by atoms with Crippen LogP contribution in [0.3, 0.4) is 0 Å². The summed E-state index contributed by atoms with van der Waals surface area (Å²) in [5, 5.41) is 8.77. The van der Waals surface area contributed by atoms with Crippen LogP contribution in [0.5, 0.6) is 0 Å². The van der Waals surface area contributed by atoms with Gasteiger partial charge in [-0.25, -0.2) is 4.79 Å². The molecule has 2 nitrogen and oxygen atoms in total. The zero-order valence-corrected chi connectivity index (χ0v) is 7.79. The zero-order chi connectivity index (χ0) is 10.0. The molecule has 0 radical (unpaired) electrons. The quantitative estimate of drug-likeness (QED) is 0.752. The number of benzene rings is 1. The lowest BCUT2D eigenvalue weighted by Gasteiger charge is -2.06. The lowest BCUT2D eigenvalue weighted by Crippen LogP contribution is -1.99. The monoisotopic (exact) mass is 176 g/mol. The van der Waals surface area contributed by atoms with E-state index in [1.807, 2.05) is 13.8 Å². The molecule has 1 rings (SSSR count). The van der Waals surface area contributed by atoms with E-state index in [-0.39, 0.29) is 0 Å². The molecule has 0 bridgehead atoms. The predicted molar refractivity (Wildman–Crippen MR) is 53.0 cm³/mol. The number of aryl methyl sites for hydroxylation is 2. The largest absolute Gasteiger partial charge is 0.478 e. The highest BCUT2D eigenvalue weighted by Gasteiger charge is 2.06. The topological polar surface area (TPSA) is 37.3 Å². The van der Waals surface area contributed by atoms with Crippen molar-refractivity contribution in [2.45, 2.75) is 13.8 Å². The average Bonchev–Trinajstić information content (AvgIpc) is 2.03. The van der Waals surface area contributed by atoms with Crippen LogP contribution in [0.1, 0.15) is 27.0 Å². The molecule has 1 aromatic rings. The minimum atomic E-state index is -0.887. The normalized spacial score (nSPS) is 9.69. The number of hydrogen-bond acceptors (Lipinski definition) is 1. The molecule has 0 unspecified atom stereocenters. The van der Waals surface area contributed by atoms with E-state index in [4.69, 9.17) is 5.11 Å². The molecule has 0 atom stereocenters. The van der Waals surface area contributed by atoms with E-state index in [2.05, 4.69) is 6.58 Å². The van der Waals surface area contributed by atoms with Crippen molar-refractivity contribution in [1.82, 2.24) is 0 Å². The maximum absolute atomic E-state index is 10.7. The minimum Gasteiger partial charge on any atom is -0.478 e. The molecule has 13 heavy (non-hydrogen) atoms. The van der Waals surface area contributed by atoms with Crippen LogP contribution in [0.2, 0.25) is 0 Å². The molecule has 0 aromatic heterocycles. The first-order valence-corrected chi connectivity index (χ1v) is 4.03. The van der Waals surface area contributed by atoms with Crippen molar-refractivity contribution in [3.05, 3.63) is 41.0 Å². The van der Waals surface area contributed by atoms with Crippen molar-refractivity contribution in [2.24, 2.45) is 0 Å². The fraction of sp³-hybridized carbons (Fsp3) is 0.182. The minimum absolute atomic E-state index is 0.334. The molecule has 0 saturated carbocycles. The second kappa shape index (κ2) is 3.44. The summed E-state index contributed by atoms with van der Waals surface area (Å²) in [6.45, 7) is 7.45. The number of aromatic carboxylic acids is 1. The average molecular weight is 176 g/mol. The van der Waals surface area contributed by atoms with Gasteiger partial charge >= 0.3 is 5.97 Å². The number of carboxylic acids is 1. The van der Waals surface area contributed by atoms with Crippen LogP contribution in [0.25, 0.3) is 6.08 Å². The van der Waals surface area contributed by atoms with Crippen LogP contribution in [0, 0.1) is 13.8 Å². The van der Waals surface area contributed by atoms with E-state index < -0.39 is 5.97 Å². The molecule has 1 N–H and O–H groups in total. The fourth-order valence-corrected chi connectivity index (χ4v) is 1.42. The number of rotatable bonds is 2. The van der Waals surface area contributed by atoms with Crippen molar-refractivity contribution < 1.29 is 9.90 Å². The van der Waals surface area contributed by atoms with Gasteiger partial charge in [-0.1, -0.05) is 12.7 Å². The van der Waals surface area contributed by atoms with Crippen molar-refractivity contribution >= 4 is 12.0 Å². The molecule has 0 aliphatic heterocycles. The van der Waals surface area contributed by atoms with E-state index >= 15 is 0 Å². The molecular formula is C11H12O2. The van der Waals surface area contributed by atoms with Gasteiger partial charge in [-0.2, -0.15) is 0 Å². The third-order valence-electron chi connectivity index (χ3n) is 2.04. The van der Waals surface area contributed by atoms with E-state index in [0.29, 0.717) is 5.56 Å². The summed E-state index contributed by atoms with van der Waals surface area (Å²) < 4.78 is 0. The van der Waals surface area contributed by atoms with Crippen LogP contribution in [0.15, 0.2) is 18.7 Å². The second-order valence-electron chi connectivity index (χ2n) is 3.03. The van der Waals surface area contributed by atoms with Crippen LogP contribution in [-0.4, -0.2) is 11.1 Å². The lowest BCUT2D eigenvalue weighted by molar-refractivity contribution is 0.0696. The Morgan fingerprint density at radius 2 is 1.85 bits per heavy atom. The van der Waals surface area contributed by atoms with Crippen molar-refractivity contribution in [3.8, 4) is 0 Å². The summed E-state index contributed by atoms with van der Waals surface area (Å²) in [5.74, 6) is -0.887. The van der Waals surface area contributed by atoms with E-state index in [9.17, 15) is 4.79 Å². The molecule has 2 heteroatoms. The molecule has 1 aromatic carbocycles. The van der Waals surface area contributed by atoms with E-state index in [1.165, 1.54) is 0 Å². The standard InChI is InChI=1S/C11H12O2/c1-4-10-7(2)5-9(11(12)13)6-8(10)3/h4-6H,1H2,2-3H3,(H,12,13). The van der Waals surface area contributed by atoms with Gasteiger partial charge in [0.05, 0.1) is 5.56 Å². The second-order valence-corrected chi connectivity index (χ2v) is 3.03. The first-order valence-electron chi connectivity index (χ1n) is 4.03. The maximum atomic E-state index is 10.7. The van der Waals surface area contributed by atoms with Crippen LogP contribution >= 0.6 is 0 Å². The number of hydrogen-bond donors (Lipinski definition) is 1. The van der Waals surface area contributed by atoms with Crippen LogP contribution < -0.4 is 0 Å². The summed E-state index contributed by atoms with van der Waals surface area (Å²) in [5.41, 5.74) is 3.26. The predicted octanol–water partition coefficient (Wildman–Crippen LogP) is 2.64. The molecule has 68 valence electrons. The Bertz CT molecular complexity index is 341. The molecule has 0 heterocycles. The first-order chi connectivity index (χ1) is 6.06. The summed E-state index contributed by atoms with van der Waals surface area (Å²) in [7, 11) is 0. The third-order valence-corrected chi connectivity index (χ3v) is 2.04. The third kappa shape index (κ3) is 1.78. The number of carbonyl (C=O) groups is 1. The molecule has 0 fully saturated rings. The van der Waals surface area contributed by atoms with E-state index in [0.717, 1.165) is 16.7 Å². The highest BCUT2D eigenvalue weighted by molar-refractivity contribution is 5.88. The van der Waals surface area contributed by atoms with Crippen molar-refractivity contribution in [3.63, 3.8) is 0 Å². The first kappa shape index (κ1) is 9.52. The maximum Gasteiger partial charge on any atom is 0.335 e. The van der Waals surface area contributed by atoms with Gasteiger partial charge in [0.2, 0.25) is 0 Å². The van der Waals surface area contributed by atoms with Gasteiger partial charge in [-0.15, -0.1) is 0 Å². The molecule has 0 aliphatic carbocycles. The smallest absolute Gasteiger partial charge is 0.335 e. The van der Waals surface area contributed by atoms with Gasteiger partial charge in [0, 0.05) is 0 Å². The fourth-order valence-electron chi connectivity index (χ4n) is 1.42. The Hall–Kier alpha value is -1.57. The number of carboxylic acid groups (broad SMARTS) is 1. The Kier molecular flexibility index (Phi) is 2.52. The van der Waals surface area contributed by atoms with Crippen LogP contribution in [-0.2, 0) is 0 Å². The van der Waals surface area contributed by atoms with Crippen molar-refractivity contribution in [2.75, 3.05) is 0 Å². The zero-order valence-electron chi connectivity index (χ0n) is 7.79. The molecule has 0 aliphatic rings. The van der Waals surface area contributed by atoms with Gasteiger partial charge in [0.1, 0.15) is 0 Å².